The highest BCUT2D eigenvalue weighted by Gasteiger charge is 2.04. The number of nitrogens with one attached hydrogen (secondary N) is 2. The second-order valence-corrected chi connectivity index (χ2v) is 5.90. The summed E-state index contributed by atoms with van der Waals surface area (Å²) >= 11 is 0. The van der Waals surface area contributed by atoms with Gasteiger partial charge in [-0.1, -0.05) is 19.9 Å². The molecule has 0 aliphatic rings. The minimum Gasteiger partial charge on any atom is -0.492 e. The zero-order valence-corrected chi connectivity index (χ0v) is 15.4. The van der Waals surface area contributed by atoms with E-state index in [1.807, 2.05) is 24.3 Å². The van der Waals surface area contributed by atoms with Crippen molar-refractivity contribution >= 4 is 23.7 Å². The lowest BCUT2D eigenvalue weighted by Gasteiger charge is -2.21. The third-order valence-electron chi connectivity index (χ3n) is 3.72. The third-order valence-corrected chi connectivity index (χ3v) is 3.72. The van der Waals surface area contributed by atoms with E-state index in [9.17, 15) is 4.79 Å². The fourth-order valence-corrected chi connectivity index (χ4v) is 2.59. The van der Waals surface area contributed by atoms with Crippen LogP contribution in [0.3, 0.4) is 0 Å². The highest BCUT2D eigenvalue weighted by atomic mass is 16.5. The van der Waals surface area contributed by atoms with Crippen molar-refractivity contribution in [2.75, 3.05) is 36.9 Å². The maximum Gasteiger partial charge on any atom is 0.227 e. The second kappa shape index (κ2) is 11.0. The summed E-state index contributed by atoms with van der Waals surface area (Å²) in [5, 5.41) is 5.63. The molecule has 0 saturated carbocycles. The summed E-state index contributed by atoms with van der Waals surface area (Å²) in [5.41, 5.74) is 1.39. The molecule has 0 fully saturated rings. The van der Waals surface area contributed by atoms with Gasteiger partial charge in [0.1, 0.15) is 12.4 Å². The van der Waals surface area contributed by atoms with Crippen LogP contribution in [0.15, 0.2) is 36.7 Å². The molecule has 1 aromatic carbocycles. The first-order chi connectivity index (χ1) is 12.7. The topological polar surface area (TPSA) is 79.4 Å². The van der Waals surface area contributed by atoms with Gasteiger partial charge in [0.05, 0.1) is 18.1 Å². The lowest BCUT2D eigenvalue weighted by atomic mass is 10.3. The molecule has 0 bridgehead atoms. The molecule has 7 heteroatoms. The monoisotopic (exact) mass is 357 g/mol. The molecular weight excluding hydrogens is 330 g/mol. The van der Waals surface area contributed by atoms with Gasteiger partial charge in [-0.3, -0.25) is 9.69 Å². The fraction of sp³-hybridized carbons (Fsp3) is 0.421. The first-order valence-electron chi connectivity index (χ1n) is 8.99. The minimum absolute atomic E-state index is 0.454. The van der Waals surface area contributed by atoms with Gasteiger partial charge in [0, 0.05) is 18.3 Å². The third kappa shape index (κ3) is 6.68. The zero-order chi connectivity index (χ0) is 18.6. The number of aromatic nitrogens is 2. The Morgan fingerprint density at radius 1 is 1.08 bits per heavy atom. The number of amides is 1. The average Bonchev–Trinajstić information content (AvgIpc) is 2.64. The number of rotatable bonds is 12. The molecule has 0 atom stereocenters. The van der Waals surface area contributed by atoms with Crippen LogP contribution in [-0.4, -0.2) is 47.5 Å². The fourth-order valence-electron chi connectivity index (χ4n) is 2.59. The summed E-state index contributed by atoms with van der Waals surface area (Å²) in [4.78, 5) is 21.1. The molecule has 0 spiro atoms. The summed E-state index contributed by atoms with van der Waals surface area (Å²) in [6.45, 7) is 8.18. The van der Waals surface area contributed by atoms with Crippen molar-refractivity contribution in [2.24, 2.45) is 0 Å². The molecule has 7 nitrogen and oxygen atoms in total. The molecule has 1 aromatic heterocycles. The van der Waals surface area contributed by atoms with E-state index >= 15 is 0 Å². The molecule has 0 unspecified atom stereocenters. The van der Waals surface area contributed by atoms with Gasteiger partial charge in [-0.15, -0.1) is 0 Å². The Balaban J connectivity index is 1.87. The van der Waals surface area contributed by atoms with Crippen LogP contribution in [0.1, 0.15) is 26.7 Å². The van der Waals surface area contributed by atoms with E-state index in [-0.39, 0.29) is 0 Å². The number of carbonyl (C=O) groups is 1. The highest BCUT2D eigenvalue weighted by Crippen LogP contribution is 2.20. The average molecular weight is 357 g/mol. The van der Waals surface area contributed by atoms with Crippen molar-refractivity contribution < 1.29 is 9.53 Å². The zero-order valence-electron chi connectivity index (χ0n) is 15.4. The molecule has 0 saturated heterocycles. The maximum atomic E-state index is 10.4. The molecule has 0 radical (unpaired) electrons. The van der Waals surface area contributed by atoms with E-state index in [1.165, 1.54) is 0 Å². The molecule has 2 N–H and O–H groups in total. The SMILES string of the molecule is CCCN(CCC)CCOc1cccc(Nc2ncc(NC=O)cn2)c1. The standard InChI is InChI=1S/C19H27N5O2/c1-3-8-24(9-4-2)10-11-26-18-7-5-6-16(12-18)23-19-20-13-17(14-21-19)22-15-25/h5-7,12-15H,3-4,8-11H2,1-2H3,(H,22,25)(H,20,21,23). The lowest BCUT2D eigenvalue weighted by Crippen LogP contribution is -2.30. The predicted octanol–water partition coefficient (Wildman–Crippen LogP) is 3.29. The molecular formula is C19H27N5O2. The van der Waals surface area contributed by atoms with E-state index in [2.05, 4.69) is 39.3 Å². The van der Waals surface area contributed by atoms with E-state index in [4.69, 9.17) is 4.74 Å². The summed E-state index contributed by atoms with van der Waals surface area (Å²) in [5.74, 6) is 1.26. The number of hydrogen-bond acceptors (Lipinski definition) is 6. The number of nitrogens with zero attached hydrogens (tertiary/aromatic N) is 3. The van der Waals surface area contributed by atoms with Gasteiger partial charge >= 0.3 is 0 Å². The molecule has 1 amide bonds. The smallest absolute Gasteiger partial charge is 0.227 e. The van der Waals surface area contributed by atoms with Crippen LogP contribution in [0.2, 0.25) is 0 Å². The summed E-state index contributed by atoms with van der Waals surface area (Å²) in [7, 11) is 0. The first-order valence-corrected chi connectivity index (χ1v) is 8.99. The van der Waals surface area contributed by atoms with Crippen molar-refractivity contribution in [3.05, 3.63) is 36.7 Å². The van der Waals surface area contributed by atoms with Crippen LogP contribution in [0.4, 0.5) is 17.3 Å². The van der Waals surface area contributed by atoms with Crippen molar-refractivity contribution in [1.29, 1.82) is 0 Å². The predicted molar refractivity (Wildman–Crippen MR) is 104 cm³/mol. The van der Waals surface area contributed by atoms with E-state index in [1.54, 1.807) is 12.4 Å². The molecule has 26 heavy (non-hydrogen) atoms. The molecule has 2 aromatic rings. The molecule has 0 aliphatic heterocycles. The van der Waals surface area contributed by atoms with Crippen molar-refractivity contribution in [2.45, 2.75) is 26.7 Å². The van der Waals surface area contributed by atoms with Crippen LogP contribution in [-0.2, 0) is 4.79 Å². The Kier molecular flexibility index (Phi) is 8.35. The number of hydrogen-bond donors (Lipinski definition) is 2. The molecule has 2 rings (SSSR count). The van der Waals surface area contributed by atoms with Crippen LogP contribution >= 0.6 is 0 Å². The van der Waals surface area contributed by atoms with Crippen LogP contribution in [0.5, 0.6) is 5.75 Å². The van der Waals surface area contributed by atoms with Crippen LogP contribution in [0.25, 0.3) is 0 Å². The molecule has 0 aliphatic carbocycles. The van der Waals surface area contributed by atoms with Gasteiger partial charge < -0.3 is 15.4 Å². The van der Waals surface area contributed by atoms with E-state index in [0.29, 0.717) is 24.7 Å². The van der Waals surface area contributed by atoms with Gasteiger partial charge in [0.2, 0.25) is 12.4 Å². The molecule has 1 heterocycles. The summed E-state index contributed by atoms with van der Waals surface area (Å²) in [6.07, 6.45) is 5.98. The Hall–Kier alpha value is -2.67. The highest BCUT2D eigenvalue weighted by molar-refractivity contribution is 5.70. The first kappa shape index (κ1) is 19.7. The Morgan fingerprint density at radius 3 is 2.46 bits per heavy atom. The quantitative estimate of drug-likeness (QED) is 0.568. The van der Waals surface area contributed by atoms with E-state index in [0.717, 1.165) is 43.9 Å². The van der Waals surface area contributed by atoms with Gasteiger partial charge in [-0.05, 0) is 38.1 Å². The lowest BCUT2D eigenvalue weighted by molar-refractivity contribution is -0.105. The number of anilines is 3. The van der Waals surface area contributed by atoms with Crippen molar-refractivity contribution in [3.63, 3.8) is 0 Å². The van der Waals surface area contributed by atoms with Crippen molar-refractivity contribution in [3.8, 4) is 5.75 Å². The Bertz CT molecular complexity index is 657. The molecule has 140 valence electrons. The Morgan fingerprint density at radius 2 is 1.81 bits per heavy atom. The van der Waals surface area contributed by atoms with Crippen LogP contribution < -0.4 is 15.4 Å². The minimum atomic E-state index is 0.454. The van der Waals surface area contributed by atoms with Crippen molar-refractivity contribution in [1.82, 2.24) is 14.9 Å². The second-order valence-electron chi connectivity index (χ2n) is 5.90. The number of carbonyl (C=O) groups excluding carboxylic acids is 1. The summed E-state index contributed by atoms with van der Waals surface area (Å²) < 4.78 is 5.89. The van der Waals surface area contributed by atoms with Gasteiger partial charge in [-0.25, -0.2) is 9.97 Å². The number of ether oxygens (including phenoxy) is 1. The number of benzene rings is 1. The van der Waals surface area contributed by atoms with Gasteiger partial charge in [-0.2, -0.15) is 0 Å². The Labute approximate surface area is 154 Å². The largest absolute Gasteiger partial charge is 0.492 e. The van der Waals surface area contributed by atoms with E-state index < -0.39 is 0 Å². The van der Waals surface area contributed by atoms with Crippen LogP contribution in [0, 0.1) is 0 Å². The normalized spacial score (nSPS) is 10.6. The summed E-state index contributed by atoms with van der Waals surface area (Å²) in [6, 6.07) is 7.71. The maximum absolute atomic E-state index is 10.4. The van der Waals surface area contributed by atoms with Gasteiger partial charge in [0.15, 0.2) is 0 Å². The van der Waals surface area contributed by atoms with Gasteiger partial charge in [0.25, 0.3) is 0 Å².